The molecule has 2 aliphatic rings. The standard InChI is InChI=1S/C18H29N3O2/c1-4-21(5-2)17-13-23-12-15-10-20(11-16(15)17)9-14-7-6-8-19-18(14)22-3/h6-8,15-17H,4-5,9-13H2,1-3H3/t15-,16-,17-/m0/s1. The molecular formula is C18H29N3O2. The topological polar surface area (TPSA) is 37.8 Å². The average molecular weight is 319 g/mol. The lowest BCUT2D eigenvalue weighted by atomic mass is 9.87. The molecule has 1 aromatic heterocycles. The van der Waals surface area contributed by atoms with Gasteiger partial charge < -0.3 is 9.47 Å². The first-order valence-corrected chi connectivity index (χ1v) is 8.78. The van der Waals surface area contributed by atoms with E-state index in [0.717, 1.165) is 51.8 Å². The van der Waals surface area contributed by atoms with E-state index in [1.54, 1.807) is 13.3 Å². The third kappa shape index (κ3) is 3.52. The molecule has 128 valence electrons. The largest absolute Gasteiger partial charge is 0.481 e. The molecule has 1 aromatic rings. The van der Waals surface area contributed by atoms with Gasteiger partial charge in [0.05, 0.1) is 20.3 Å². The Morgan fingerprint density at radius 3 is 2.87 bits per heavy atom. The maximum atomic E-state index is 5.92. The number of ether oxygens (including phenoxy) is 2. The molecule has 0 aromatic carbocycles. The van der Waals surface area contributed by atoms with E-state index in [1.165, 1.54) is 5.56 Å². The predicted octanol–water partition coefficient (Wildman–Crippen LogP) is 1.88. The van der Waals surface area contributed by atoms with Gasteiger partial charge in [-0.2, -0.15) is 0 Å². The van der Waals surface area contributed by atoms with Gasteiger partial charge in [-0.1, -0.05) is 19.9 Å². The van der Waals surface area contributed by atoms with Gasteiger partial charge in [0, 0.05) is 43.4 Å². The number of methoxy groups -OCH3 is 1. The molecule has 0 saturated carbocycles. The van der Waals surface area contributed by atoms with Crippen molar-refractivity contribution in [3.8, 4) is 5.88 Å². The van der Waals surface area contributed by atoms with Gasteiger partial charge in [-0.3, -0.25) is 9.80 Å². The van der Waals surface area contributed by atoms with Crippen LogP contribution in [0.5, 0.6) is 5.88 Å². The molecule has 0 spiro atoms. The van der Waals surface area contributed by atoms with Gasteiger partial charge in [-0.05, 0) is 25.1 Å². The summed E-state index contributed by atoms with van der Waals surface area (Å²) in [6.45, 7) is 11.7. The minimum atomic E-state index is 0.560. The van der Waals surface area contributed by atoms with Crippen molar-refractivity contribution in [1.82, 2.24) is 14.8 Å². The maximum absolute atomic E-state index is 5.92. The first kappa shape index (κ1) is 16.7. The summed E-state index contributed by atoms with van der Waals surface area (Å²) in [4.78, 5) is 9.42. The summed E-state index contributed by atoms with van der Waals surface area (Å²) in [5.74, 6) is 2.11. The van der Waals surface area contributed by atoms with Crippen LogP contribution in [-0.2, 0) is 11.3 Å². The van der Waals surface area contributed by atoms with Crippen molar-refractivity contribution in [2.45, 2.75) is 26.4 Å². The summed E-state index contributed by atoms with van der Waals surface area (Å²) in [7, 11) is 1.69. The van der Waals surface area contributed by atoms with Crippen molar-refractivity contribution >= 4 is 0 Å². The number of nitrogens with zero attached hydrogens (tertiary/aromatic N) is 3. The molecule has 0 unspecified atom stereocenters. The monoisotopic (exact) mass is 319 g/mol. The second-order valence-electron chi connectivity index (χ2n) is 6.62. The highest BCUT2D eigenvalue weighted by Crippen LogP contribution is 2.34. The Bertz CT molecular complexity index is 507. The highest BCUT2D eigenvalue weighted by molar-refractivity contribution is 5.25. The lowest BCUT2D eigenvalue weighted by molar-refractivity contribution is -0.0348. The van der Waals surface area contributed by atoms with Gasteiger partial charge in [0.1, 0.15) is 0 Å². The fourth-order valence-corrected chi connectivity index (χ4v) is 4.23. The van der Waals surface area contributed by atoms with Crippen molar-refractivity contribution < 1.29 is 9.47 Å². The predicted molar refractivity (Wildman–Crippen MR) is 90.6 cm³/mol. The van der Waals surface area contributed by atoms with Crippen molar-refractivity contribution in [1.29, 1.82) is 0 Å². The first-order valence-electron chi connectivity index (χ1n) is 8.78. The Morgan fingerprint density at radius 2 is 2.13 bits per heavy atom. The number of pyridine rings is 1. The third-order valence-electron chi connectivity index (χ3n) is 5.40. The summed E-state index contributed by atoms with van der Waals surface area (Å²) in [6, 6.07) is 4.67. The van der Waals surface area contributed by atoms with Crippen LogP contribution in [0.3, 0.4) is 0 Å². The number of hydrogen-bond acceptors (Lipinski definition) is 5. The van der Waals surface area contributed by atoms with E-state index in [-0.39, 0.29) is 0 Å². The molecule has 3 rings (SSSR count). The van der Waals surface area contributed by atoms with Crippen LogP contribution in [0, 0.1) is 11.8 Å². The van der Waals surface area contributed by atoms with Crippen LogP contribution in [0.2, 0.25) is 0 Å². The lowest BCUT2D eigenvalue weighted by Gasteiger charge is -2.39. The van der Waals surface area contributed by atoms with Crippen LogP contribution in [0.4, 0.5) is 0 Å². The number of likely N-dealkylation sites (tertiary alicyclic amines) is 1. The van der Waals surface area contributed by atoms with Crippen molar-refractivity contribution in [3.63, 3.8) is 0 Å². The molecule has 0 radical (unpaired) electrons. The summed E-state index contributed by atoms with van der Waals surface area (Å²) >= 11 is 0. The van der Waals surface area contributed by atoms with E-state index in [2.05, 4.69) is 34.7 Å². The fourth-order valence-electron chi connectivity index (χ4n) is 4.23. The van der Waals surface area contributed by atoms with Gasteiger partial charge in [-0.15, -0.1) is 0 Å². The number of likely N-dealkylation sites (N-methyl/N-ethyl adjacent to an activating group) is 1. The van der Waals surface area contributed by atoms with Crippen LogP contribution < -0.4 is 4.74 Å². The number of rotatable bonds is 6. The Morgan fingerprint density at radius 1 is 1.30 bits per heavy atom. The molecule has 2 fully saturated rings. The zero-order valence-corrected chi connectivity index (χ0v) is 14.6. The highest BCUT2D eigenvalue weighted by Gasteiger charge is 2.42. The normalized spacial score (nSPS) is 28.1. The van der Waals surface area contributed by atoms with E-state index in [1.807, 2.05) is 6.07 Å². The van der Waals surface area contributed by atoms with Crippen LogP contribution in [0.15, 0.2) is 18.3 Å². The Balaban J connectivity index is 1.68. The third-order valence-corrected chi connectivity index (χ3v) is 5.40. The van der Waals surface area contributed by atoms with Crippen LogP contribution >= 0.6 is 0 Å². The minimum absolute atomic E-state index is 0.560. The summed E-state index contributed by atoms with van der Waals surface area (Å²) in [5.41, 5.74) is 1.17. The van der Waals surface area contributed by atoms with Gasteiger partial charge in [0.15, 0.2) is 0 Å². The van der Waals surface area contributed by atoms with E-state index < -0.39 is 0 Å². The number of aromatic nitrogens is 1. The second kappa shape index (κ2) is 7.60. The molecule has 0 amide bonds. The Hall–Kier alpha value is -1.17. The molecule has 5 heteroatoms. The molecule has 0 bridgehead atoms. The average Bonchev–Trinajstić information content (AvgIpc) is 2.99. The zero-order valence-electron chi connectivity index (χ0n) is 14.6. The summed E-state index contributed by atoms with van der Waals surface area (Å²) in [5, 5.41) is 0. The summed E-state index contributed by atoms with van der Waals surface area (Å²) < 4.78 is 11.3. The molecule has 3 atom stereocenters. The van der Waals surface area contributed by atoms with E-state index >= 15 is 0 Å². The van der Waals surface area contributed by atoms with E-state index in [9.17, 15) is 0 Å². The van der Waals surface area contributed by atoms with Gasteiger partial charge in [0.25, 0.3) is 0 Å². The van der Waals surface area contributed by atoms with Crippen LogP contribution in [-0.4, -0.2) is 67.3 Å². The SMILES string of the molecule is CCN(CC)[C@H]1COC[C@@H]2CN(Cc3cccnc3OC)C[C@@H]21. The van der Waals surface area contributed by atoms with Crippen LogP contribution in [0.1, 0.15) is 19.4 Å². The maximum Gasteiger partial charge on any atom is 0.217 e. The summed E-state index contributed by atoms with van der Waals surface area (Å²) in [6.07, 6.45) is 1.79. The van der Waals surface area contributed by atoms with Gasteiger partial charge in [0.2, 0.25) is 5.88 Å². The van der Waals surface area contributed by atoms with Gasteiger partial charge in [-0.25, -0.2) is 4.98 Å². The molecule has 2 saturated heterocycles. The van der Waals surface area contributed by atoms with Crippen molar-refractivity contribution in [2.75, 3.05) is 46.5 Å². The quantitative estimate of drug-likeness (QED) is 0.800. The number of fused-ring (bicyclic) bond motifs is 1. The highest BCUT2D eigenvalue weighted by atomic mass is 16.5. The minimum Gasteiger partial charge on any atom is -0.481 e. The molecule has 23 heavy (non-hydrogen) atoms. The van der Waals surface area contributed by atoms with Gasteiger partial charge >= 0.3 is 0 Å². The molecule has 5 nitrogen and oxygen atoms in total. The Kier molecular flexibility index (Phi) is 5.51. The fraction of sp³-hybridized carbons (Fsp3) is 0.722. The smallest absolute Gasteiger partial charge is 0.217 e. The molecule has 3 heterocycles. The molecule has 0 aliphatic carbocycles. The van der Waals surface area contributed by atoms with E-state index in [4.69, 9.17) is 9.47 Å². The zero-order chi connectivity index (χ0) is 16.2. The lowest BCUT2D eigenvalue weighted by Crippen LogP contribution is -2.50. The number of hydrogen-bond donors (Lipinski definition) is 0. The Labute approximate surface area is 139 Å². The van der Waals surface area contributed by atoms with Crippen LogP contribution in [0.25, 0.3) is 0 Å². The first-order chi connectivity index (χ1) is 11.3. The molecule has 0 N–H and O–H groups in total. The molecular weight excluding hydrogens is 290 g/mol. The van der Waals surface area contributed by atoms with Crippen molar-refractivity contribution in [2.24, 2.45) is 11.8 Å². The van der Waals surface area contributed by atoms with E-state index in [0.29, 0.717) is 17.9 Å². The molecule has 2 aliphatic heterocycles. The second-order valence-corrected chi connectivity index (χ2v) is 6.62. The van der Waals surface area contributed by atoms with Crippen molar-refractivity contribution in [3.05, 3.63) is 23.9 Å².